The zero-order valence-electron chi connectivity index (χ0n) is 9.97. The molecule has 2 aromatic rings. The first-order valence-corrected chi connectivity index (χ1v) is 6.81. The number of nitrogen functional groups attached to an aromatic ring is 1. The van der Waals surface area contributed by atoms with Crippen LogP contribution in [0.3, 0.4) is 0 Å². The van der Waals surface area contributed by atoms with E-state index in [2.05, 4.69) is 5.10 Å². The van der Waals surface area contributed by atoms with Crippen LogP contribution in [0.2, 0.25) is 0 Å². The Morgan fingerprint density at radius 3 is 2.68 bits per heavy atom. The van der Waals surface area contributed by atoms with Crippen LogP contribution in [-0.4, -0.2) is 10.2 Å². The predicted molar refractivity (Wildman–Crippen MR) is 68.0 cm³/mol. The number of nitrogens with one attached hydrogen (secondary N) is 1. The number of alkyl halides is 3. The molecular weight excluding hydrogens is 275 g/mol. The Morgan fingerprint density at radius 1 is 1.26 bits per heavy atom. The van der Waals surface area contributed by atoms with Crippen LogP contribution in [-0.2, 0) is 19.0 Å². The summed E-state index contributed by atoms with van der Waals surface area (Å²) in [4.78, 5) is 1.19. The maximum absolute atomic E-state index is 12.6. The number of aryl methyl sites for hydroxylation is 1. The molecule has 0 bridgehead atoms. The fourth-order valence-corrected chi connectivity index (χ4v) is 3.63. The Balaban J connectivity index is 2.07. The molecule has 3 N–H and O–H groups in total. The van der Waals surface area contributed by atoms with Gasteiger partial charge in [-0.2, -0.15) is 18.3 Å². The van der Waals surface area contributed by atoms with Crippen LogP contribution in [0.1, 0.15) is 29.0 Å². The van der Waals surface area contributed by atoms with Crippen molar-refractivity contribution in [2.24, 2.45) is 0 Å². The predicted octanol–water partition coefficient (Wildman–Crippen LogP) is 3.62. The summed E-state index contributed by atoms with van der Waals surface area (Å²) in [6.45, 7) is 0. The van der Waals surface area contributed by atoms with E-state index in [4.69, 9.17) is 5.73 Å². The average molecular weight is 287 g/mol. The van der Waals surface area contributed by atoms with Gasteiger partial charge in [0.1, 0.15) is 5.69 Å². The monoisotopic (exact) mass is 287 g/mol. The van der Waals surface area contributed by atoms with Crippen LogP contribution < -0.4 is 5.73 Å². The number of nitrogens with two attached hydrogens (primary N) is 1. The van der Waals surface area contributed by atoms with Crippen molar-refractivity contribution in [1.29, 1.82) is 0 Å². The van der Waals surface area contributed by atoms with Crippen LogP contribution >= 0.6 is 11.3 Å². The number of aromatic nitrogens is 2. The summed E-state index contributed by atoms with van der Waals surface area (Å²) in [6.07, 6.45) is -0.420. The first kappa shape index (κ1) is 12.5. The van der Waals surface area contributed by atoms with Crippen molar-refractivity contribution in [2.75, 3.05) is 5.73 Å². The number of rotatable bonds is 1. The van der Waals surface area contributed by atoms with Crippen molar-refractivity contribution < 1.29 is 13.2 Å². The van der Waals surface area contributed by atoms with Crippen LogP contribution in [0.5, 0.6) is 0 Å². The molecule has 0 radical (unpaired) electrons. The summed E-state index contributed by atoms with van der Waals surface area (Å²) in [5, 5.41) is 6.38. The summed E-state index contributed by atoms with van der Waals surface area (Å²) in [6, 6.07) is 1.04. The first-order valence-electron chi connectivity index (χ1n) is 6.00. The molecule has 0 saturated carbocycles. The third kappa shape index (κ3) is 2.11. The molecule has 0 amide bonds. The van der Waals surface area contributed by atoms with Gasteiger partial charge in [0, 0.05) is 10.4 Å². The number of fused-ring (bicyclic) bond motifs is 1. The van der Waals surface area contributed by atoms with E-state index in [0.717, 1.165) is 37.3 Å². The zero-order valence-corrected chi connectivity index (χ0v) is 10.8. The summed E-state index contributed by atoms with van der Waals surface area (Å²) >= 11 is 1.47. The highest BCUT2D eigenvalue weighted by molar-refractivity contribution is 7.16. The molecule has 0 fully saturated rings. The summed E-state index contributed by atoms with van der Waals surface area (Å²) in [7, 11) is 0. The number of hydrogen-bond acceptors (Lipinski definition) is 3. The Hall–Kier alpha value is -1.50. The van der Waals surface area contributed by atoms with Crippen molar-refractivity contribution in [3.05, 3.63) is 22.2 Å². The number of thiophene rings is 1. The highest BCUT2D eigenvalue weighted by atomic mass is 32.1. The molecule has 1 aliphatic carbocycles. The Bertz CT molecular complexity index is 612. The summed E-state index contributed by atoms with van der Waals surface area (Å²) in [5.41, 5.74) is 7.18. The maximum atomic E-state index is 12.6. The topological polar surface area (TPSA) is 54.7 Å². The number of hydrogen-bond donors (Lipinski definition) is 2. The first-order chi connectivity index (χ1) is 8.97. The quantitative estimate of drug-likeness (QED) is 0.841. The van der Waals surface area contributed by atoms with E-state index < -0.39 is 11.9 Å². The maximum Gasteiger partial charge on any atom is 0.432 e. The number of halogens is 3. The molecule has 0 atom stereocenters. The van der Waals surface area contributed by atoms with E-state index in [1.807, 2.05) is 5.10 Å². The summed E-state index contributed by atoms with van der Waals surface area (Å²) in [5.74, 6) is 0. The fraction of sp³-hybridized carbons (Fsp3) is 0.417. The van der Waals surface area contributed by atoms with Gasteiger partial charge in [0.15, 0.2) is 0 Å². The smallest absolute Gasteiger partial charge is 0.390 e. The number of nitrogens with zero attached hydrogens (tertiary/aromatic N) is 1. The Labute approximate surface area is 111 Å². The molecule has 1 aliphatic rings. The molecule has 2 heterocycles. The molecule has 102 valence electrons. The fourth-order valence-electron chi connectivity index (χ4n) is 2.46. The Kier molecular flexibility index (Phi) is 2.81. The van der Waals surface area contributed by atoms with E-state index in [1.165, 1.54) is 16.2 Å². The van der Waals surface area contributed by atoms with Crippen LogP contribution in [0.15, 0.2) is 6.07 Å². The number of aromatic amines is 1. The van der Waals surface area contributed by atoms with Crippen LogP contribution in [0.4, 0.5) is 18.2 Å². The van der Waals surface area contributed by atoms with Crippen molar-refractivity contribution >= 4 is 16.3 Å². The van der Waals surface area contributed by atoms with Crippen LogP contribution in [0.25, 0.3) is 11.3 Å². The lowest BCUT2D eigenvalue weighted by atomic mass is 9.94. The molecule has 7 heteroatoms. The lowest BCUT2D eigenvalue weighted by Crippen LogP contribution is -2.04. The van der Waals surface area contributed by atoms with Crippen LogP contribution in [0, 0.1) is 0 Å². The highest BCUT2D eigenvalue weighted by Crippen LogP contribution is 2.42. The highest BCUT2D eigenvalue weighted by Gasteiger charge is 2.34. The average Bonchev–Trinajstić information content (AvgIpc) is 2.90. The largest absolute Gasteiger partial charge is 0.432 e. The van der Waals surface area contributed by atoms with Gasteiger partial charge in [-0.25, -0.2) is 0 Å². The van der Waals surface area contributed by atoms with Gasteiger partial charge in [0.2, 0.25) is 0 Å². The lowest BCUT2D eigenvalue weighted by Gasteiger charge is -2.11. The minimum absolute atomic E-state index is 0.296. The molecule has 0 aromatic carbocycles. The second kappa shape index (κ2) is 4.26. The molecular formula is C12H12F3N3S. The van der Waals surface area contributed by atoms with Gasteiger partial charge in [-0.15, -0.1) is 11.3 Å². The number of H-pyrrole nitrogens is 1. The molecule has 19 heavy (non-hydrogen) atoms. The Morgan fingerprint density at radius 2 is 2.00 bits per heavy atom. The second-order valence-electron chi connectivity index (χ2n) is 4.61. The van der Waals surface area contributed by atoms with Crippen molar-refractivity contribution in [2.45, 2.75) is 31.9 Å². The molecule has 3 nitrogen and oxygen atoms in total. The van der Waals surface area contributed by atoms with E-state index >= 15 is 0 Å². The minimum Gasteiger partial charge on any atom is -0.390 e. The van der Waals surface area contributed by atoms with E-state index in [1.54, 1.807) is 0 Å². The van der Waals surface area contributed by atoms with E-state index in [-0.39, 0.29) is 0 Å². The third-order valence-corrected chi connectivity index (χ3v) is 4.46. The van der Waals surface area contributed by atoms with Gasteiger partial charge in [-0.1, -0.05) is 0 Å². The summed E-state index contributed by atoms with van der Waals surface area (Å²) < 4.78 is 37.7. The molecule has 0 saturated heterocycles. The second-order valence-corrected chi connectivity index (χ2v) is 5.75. The van der Waals surface area contributed by atoms with Crippen molar-refractivity contribution in [1.82, 2.24) is 10.2 Å². The van der Waals surface area contributed by atoms with Gasteiger partial charge in [0.25, 0.3) is 0 Å². The van der Waals surface area contributed by atoms with Gasteiger partial charge in [0.05, 0.1) is 10.7 Å². The normalized spacial score (nSPS) is 15.5. The van der Waals surface area contributed by atoms with E-state index in [0.29, 0.717) is 16.3 Å². The zero-order chi connectivity index (χ0) is 13.6. The molecule has 2 aromatic heterocycles. The third-order valence-electron chi connectivity index (χ3n) is 3.34. The van der Waals surface area contributed by atoms with Gasteiger partial charge >= 0.3 is 6.18 Å². The van der Waals surface area contributed by atoms with Gasteiger partial charge in [-0.05, 0) is 37.3 Å². The molecule has 0 aliphatic heterocycles. The van der Waals surface area contributed by atoms with Crippen molar-refractivity contribution in [3.63, 3.8) is 0 Å². The number of anilines is 1. The standard InChI is InChI=1S/C12H12F3N3S/c13-12(14,15)9-5-7(17-18-9)10-6-3-1-2-4-8(6)19-11(10)16/h5H,1-4,16H2,(H,17,18). The van der Waals surface area contributed by atoms with Crippen molar-refractivity contribution in [3.8, 4) is 11.3 Å². The SMILES string of the molecule is Nc1sc2c(c1-c1cc(C(F)(F)F)[nH]n1)CCCC2. The van der Waals surface area contributed by atoms with E-state index in [9.17, 15) is 13.2 Å². The lowest BCUT2D eigenvalue weighted by molar-refractivity contribution is -0.141. The molecule has 0 unspecified atom stereocenters. The molecule has 3 rings (SSSR count). The minimum atomic E-state index is -4.41. The van der Waals surface area contributed by atoms with Gasteiger partial charge < -0.3 is 5.73 Å². The molecule has 0 spiro atoms. The van der Waals surface area contributed by atoms with Gasteiger partial charge in [-0.3, -0.25) is 5.10 Å².